The van der Waals surface area contributed by atoms with Crippen LogP contribution in [0.25, 0.3) is 16.5 Å². The summed E-state index contributed by atoms with van der Waals surface area (Å²) in [6.07, 6.45) is 4.26. The molecule has 1 unspecified atom stereocenters. The van der Waals surface area contributed by atoms with Crippen LogP contribution in [-0.2, 0) is 10.0 Å². The summed E-state index contributed by atoms with van der Waals surface area (Å²) in [5, 5.41) is 3.66. The Balaban J connectivity index is 1.68. The monoisotopic (exact) mass is 441 g/mol. The Kier molecular flexibility index (Phi) is 4.79. The van der Waals surface area contributed by atoms with Crippen molar-refractivity contribution in [1.29, 1.82) is 0 Å². The Morgan fingerprint density at radius 2 is 2.06 bits per heavy atom. The number of hydrogen-bond acceptors (Lipinski definition) is 5. The molecular weight excluding hydrogens is 417 g/mol. The van der Waals surface area contributed by atoms with E-state index in [0.717, 1.165) is 17.8 Å². The maximum Gasteiger partial charge on any atom is 0.268 e. The van der Waals surface area contributed by atoms with E-state index < -0.39 is 15.8 Å². The second kappa shape index (κ2) is 7.39. The molecule has 0 saturated carbocycles. The fourth-order valence-electron chi connectivity index (χ4n) is 4.36. The topological polar surface area (TPSA) is 63.6 Å². The summed E-state index contributed by atoms with van der Waals surface area (Å²) in [4.78, 5) is 2.14. The Hall–Kier alpha value is -2.84. The van der Waals surface area contributed by atoms with E-state index in [1.165, 1.54) is 16.1 Å². The van der Waals surface area contributed by atoms with Crippen LogP contribution in [0.4, 0.5) is 10.1 Å². The van der Waals surface area contributed by atoms with E-state index in [2.05, 4.69) is 12.2 Å². The van der Waals surface area contributed by atoms with Crippen molar-refractivity contribution >= 4 is 32.2 Å². The van der Waals surface area contributed by atoms with E-state index in [1.54, 1.807) is 30.5 Å². The molecular formula is C23H24FN3O3S. The average molecular weight is 442 g/mol. The fourth-order valence-corrected chi connectivity index (χ4v) is 5.74. The summed E-state index contributed by atoms with van der Waals surface area (Å²) in [6, 6.07) is 9.68. The third-order valence-corrected chi connectivity index (χ3v) is 7.68. The number of nitrogens with zero attached hydrogens (tertiary/aromatic N) is 2. The van der Waals surface area contributed by atoms with Gasteiger partial charge in [-0.25, -0.2) is 16.8 Å². The summed E-state index contributed by atoms with van der Waals surface area (Å²) < 4.78 is 49.0. The smallest absolute Gasteiger partial charge is 0.268 e. The first kappa shape index (κ1) is 20.1. The van der Waals surface area contributed by atoms with Gasteiger partial charge in [0.25, 0.3) is 10.0 Å². The molecule has 1 atom stereocenters. The second-order valence-corrected chi connectivity index (χ2v) is 9.93. The van der Waals surface area contributed by atoms with Crippen LogP contribution in [0.5, 0.6) is 5.75 Å². The van der Waals surface area contributed by atoms with Crippen molar-refractivity contribution in [2.75, 3.05) is 31.6 Å². The molecule has 0 radical (unpaired) electrons. The lowest BCUT2D eigenvalue weighted by Gasteiger charge is -2.27. The average Bonchev–Trinajstić information content (AvgIpc) is 3.16. The Morgan fingerprint density at radius 3 is 2.87 bits per heavy atom. The maximum atomic E-state index is 14.9. The number of likely N-dealkylation sites (N-methyl/N-ethyl adjacent to an activating group) is 1. The number of ether oxygens (including phenoxy) is 1. The number of benzene rings is 2. The first-order valence-corrected chi connectivity index (χ1v) is 11.8. The SMILES string of the molecule is CC1CC(c2cn(S(=O)(=O)c3ccc4c(c3)OCCN4C)c3cccc(F)c23)=CCN1. The first-order chi connectivity index (χ1) is 14.9. The van der Waals surface area contributed by atoms with E-state index in [1.807, 2.05) is 18.0 Å². The van der Waals surface area contributed by atoms with E-state index in [9.17, 15) is 12.8 Å². The highest BCUT2D eigenvalue weighted by Gasteiger charge is 2.27. The minimum atomic E-state index is -3.96. The summed E-state index contributed by atoms with van der Waals surface area (Å²) in [5.41, 5.74) is 2.76. The summed E-state index contributed by atoms with van der Waals surface area (Å²) in [5.74, 6) is 0.108. The molecule has 1 aromatic heterocycles. The molecule has 5 rings (SSSR count). The van der Waals surface area contributed by atoms with Crippen LogP contribution in [0.3, 0.4) is 0 Å². The quantitative estimate of drug-likeness (QED) is 0.673. The van der Waals surface area contributed by atoms with Crippen LogP contribution in [0, 0.1) is 5.82 Å². The van der Waals surface area contributed by atoms with Gasteiger partial charge in [-0.2, -0.15) is 0 Å². The molecule has 0 aliphatic carbocycles. The van der Waals surface area contributed by atoms with Gasteiger partial charge < -0.3 is 15.0 Å². The largest absolute Gasteiger partial charge is 0.490 e. The summed E-state index contributed by atoms with van der Waals surface area (Å²) in [6.45, 7) is 3.96. The number of nitrogens with one attached hydrogen (secondary N) is 1. The molecule has 3 heterocycles. The highest BCUT2D eigenvalue weighted by molar-refractivity contribution is 7.90. The Bertz CT molecular complexity index is 1310. The fraction of sp³-hybridized carbons (Fsp3) is 0.304. The number of hydrogen-bond donors (Lipinski definition) is 1. The van der Waals surface area contributed by atoms with Crippen LogP contribution in [0.15, 0.2) is 53.6 Å². The van der Waals surface area contributed by atoms with Crippen LogP contribution in [-0.4, -0.2) is 45.2 Å². The highest BCUT2D eigenvalue weighted by Crippen LogP contribution is 2.37. The molecule has 0 bridgehead atoms. The summed E-state index contributed by atoms with van der Waals surface area (Å²) in [7, 11) is -2.01. The lowest BCUT2D eigenvalue weighted by atomic mass is 9.96. The third kappa shape index (κ3) is 3.30. The lowest BCUT2D eigenvalue weighted by molar-refractivity contribution is 0.310. The van der Waals surface area contributed by atoms with Gasteiger partial charge in [0.2, 0.25) is 0 Å². The number of anilines is 1. The van der Waals surface area contributed by atoms with Gasteiger partial charge in [0.1, 0.15) is 18.2 Å². The first-order valence-electron chi connectivity index (χ1n) is 10.3. The van der Waals surface area contributed by atoms with Gasteiger partial charge >= 0.3 is 0 Å². The predicted molar refractivity (Wildman–Crippen MR) is 120 cm³/mol. The van der Waals surface area contributed by atoms with Gasteiger partial charge in [0.05, 0.1) is 22.6 Å². The van der Waals surface area contributed by atoms with Crippen molar-refractivity contribution in [2.45, 2.75) is 24.3 Å². The molecule has 3 aromatic rings. The van der Waals surface area contributed by atoms with Gasteiger partial charge in [-0.3, -0.25) is 0 Å². The van der Waals surface area contributed by atoms with Crippen molar-refractivity contribution < 1.29 is 17.5 Å². The van der Waals surface area contributed by atoms with Gasteiger partial charge in [0, 0.05) is 42.8 Å². The zero-order valence-corrected chi connectivity index (χ0v) is 18.2. The molecule has 162 valence electrons. The zero-order valence-electron chi connectivity index (χ0n) is 17.4. The predicted octanol–water partition coefficient (Wildman–Crippen LogP) is 3.61. The molecule has 2 aliphatic rings. The van der Waals surface area contributed by atoms with Gasteiger partial charge in [-0.15, -0.1) is 0 Å². The molecule has 0 fully saturated rings. The zero-order chi connectivity index (χ0) is 21.8. The van der Waals surface area contributed by atoms with Crippen molar-refractivity contribution in [3.63, 3.8) is 0 Å². The molecule has 31 heavy (non-hydrogen) atoms. The van der Waals surface area contributed by atoms with Crippen molar-refractivity contribution in [2.24, 2.45) is 0 Å². The molecule has 0 amide bonds. The minimum absolute atomic E-state index is 0.113. The van der Waals surface area contributed by atoms with Crippen molar-refractivity contribution in [3.8, 4) is 5.75 Å². The van der Waals surface area contributed by atoms with E-state index >= 15 is 0 Å². The van der Waals surface area contributed by atoms with Gasteiger partial charge in [0.15, 0.2) is 0 Å². The molecule has 0 saturated heterocycles. The van der Waals surface area contributed by atoms with E-state index in [4.69, 9.17) is 4.74 Å². The standard InChI is InChI=1S/C23H24FN3O3S/c1-15-12-16(8-9-25-15)18-14-27(21-5-3-4-19(24)23(18)21)31(28,29)17-6-7-20-22(13-17)30-11-10-26(20)2/h3-8,13-15,25H,9-12H2,1-2H3. The molecule has 0 spiro atoms. The minimum Gasteiger partial charge on any atom is -0.490 e. The summed E-state index contributed by atoms with van der Waals surface area (Å²) >= 11 is 0. The normalized spacial score (nSPS) is 19.1. The Labute approximate surface area is 181 Å². The Morgan fingerprint density at radius 1 is 1.23 bits per heavy atom. The third-order valence-electron chi connectivity index (χ3n) is 6.02. The maximum absolute atomic E-state index is 14.9. The molecule has 1 N–H and O–H groups in total. The number of halogens is 1. The van der Waals surface area contributed by atoms with Crippen molar-refractivity contribution in [3.05, 3.63) is 60.1 Å². The molecule has 2 aromatic carbocycles. The molecule has 8 heteroatoms. The van der Waals surface area contributed by atoms with Crippen molar-refractivity contribution in [1.82, 2.24) is 9.29 Å². The van der Waals surface area contributed by atoms with Gasteiger partial charge in [-0.1, -0.05) is 12.1 Å². The van der Waals surface area contributed by atoms with Crippen LogP contribution < -0.4 is 15.0 Å². The number of rotatable bonds is 3. The number of aromatic nitrogens is 1. The second-order valence-electron chi connectivity index (χ2n) is 8.12. The molecule has 2 aliphatic heterocycles. The lowest BCUT2D eigenvalue weighted by Crippen LogP contribution is -2.29. The number of fused-ring (bicyclic) bond motifs is 2. The highest BCUT2D eigenvalue weighted by atomic mass is 32.2. The molecule has 6 nitrogen and oxygen atoms in total. The van der Waals surface area contributed by atoms with Crippen LogP contribution >= 0.6 is 0 Å². The van der Waals surface area contributed by atoms with Gasteiger partial charge in [-0.05, 0) is 43.2 Å². The van der Waals surface area contributed by atoms with Crippen LogP contribution in [0.2, 0.25) is 0 Å². The van der Waals surface area contributed by atoms with E-state index in [0.29, 0.717) is 41.8 Å². The van der Waals surface area contributed by atoms with E-state index in [-0.39, 0.29) is 10.9 Å². The van der Waals surface area contributed by atoms with Crippen LogP contribution in [0.1, 0.15) is 18.9 Å².